The molecule has 0 unspecified atom stereocenters. The molecule has 0 aliphatic heterocycles. The molecule has 1 aromatic heterocycles. The lowest BCUT2D eigenvalue weighted by Crippen LogP contribution is -2.43. The number of aromatic nitrogens is 1. The van der Waals surface area contributed by atoms with E-state index in [2.05, 4.69) is 4.98 Å². The van der Waals surface area contributed by atoms with Crippen LogP contribution in [-0.4, -0.2) is 53.8 Å². The fraction of sp³-hybridized carbons (Fsp3) is 0.714. The van der Waals surface area contributed by atoms with Crippen LogP contribution in [0.25, 0.3) is 0 Å². The van der Waals surface area contributed by atoms with Gasteiger partial charge in [-0.05, 0) is 68.9 Å². The third-order valence-electron chi connectivity index (χ3n) is 6.48. The number of aliphatic carboxylic acids is 1. The van der Waals surface area contributed by atoms with Crippen LogP contribution in [0, 0.1) is 11.8 Å². The maximum absolute atomic E-state index is 13.5. The van der Waals surface area contributed by atoms with Gasteiger partial charge in [0.25, 0.3) is 0 Å². The summed E-state index contributed by atoms with van der Waals surface area (Å²) in [5.74, 6) is -0.913. The van der Waals surface area contributed by atoms with Gasteiger partial charge in [-0.25, -0.2) is 8.42 Å². The standard InChI is InChI=1S/C21H32N2O5S/c1-28-19-8-4-16(5-9-19)14-23(15-17-3-2-12-22-13-17)29(26,27)20-10-6-18(7-11-20)21(24)25/h2-3,12-13,16,18-20H,4-11,14-15H2,1H3,(H,24,25). The Bertz CT molecular complexity index is 755. The van der Waals surface area contributed by atoms with Gasteiger partial charge in [-0.15, -0.1) is 0 Å². The molecule has 2 saturated carbocycles. The molecule has 0 spiro atoms. The second-order valence-electron chi connectivity index (χ2n) is 8.39. The molecule has 1 N–H and O–H groups in total. The number of carbonyl (C=O) groups is 1. The van der Waals surface area contributed by atoms with E-state index in [1.807, 2.05) is 12.1 Å². The normalized spacial score (nSPS) is 28.3. The molecule has 1 aromatic rings. The Morgan fingerprint density at radius 1 is 1.17 bits per heavy atom. The van der Waals surface area contributed by atoms with Crippen LogP contribution < -0.4 is 0 Å². The molecular weight excluding hydrogens is 392 g/mol. The molecule has 2 aliphatic rings. The summed E-state index contributed by atoms with van der Waals surface area (Å²) in [7, 11) is -1.77. The first-order valence-corrected chi connectivity index (χ1v) is 12.0. The van der Waals surface area contributed by atoms with Gasteiger partial charge in [0.05, 0.1) is 17.3 Å². The van der Waals surface area contributed by atoms with Gasteiger partial charge in [0.2, 0.25) is 10.0 Å². The van der Waals surface area contributed by atoms with Crippen LogP contribution in [0.4, 0.5) is 0 Å². The highest BCUT2D eigenvalue weighted by Crippen LogP contribution is 2.33. The first-order chi connectivity index (χ1) is 13.9. The lowest BCUT2D eigenvalue weighted by atomic mass is 9.87. The third kappa shape index (κ3) is 5.77. The highest BCUT2D eigenvalue weighted by molar-refractivity contribution is 7.89. The molecule has 1 heterocycles. The van der Waals surface area contributed by atoms with Crippen LogP contribution in [0.15, 0.2) is 24.5 Å². The summed E-state index contributed by atoms with van der Waals surface area (Å²) in [4.78, 5) is 15.3. The van der Waals surface area contributed by atoms with E-state index < -0.39 is 27.2 Å². The molecule has 3 rings (SSSR count). The van der Waals surface area contributed by atoms with Crippen LogP contribution in [0.1, 0.15) is 56.9 Å². The molecule has 8 heteroatoms. The summed E-state index contributed by atoms with van der Waals surface area (Å²) in [5, 5.41) is 8.72. The van der Waals surface area contributed by atoms with Gasteiger partial charge < -0.3 is 9.84 Å². The Labute approximate surface area is 173 Å². The first kappa shape index (κ1) is 22.2. The predicted molar refractivity (Wildman–Crippen MR) is 110 cm³/mol. The molecule has 0 saturated heterocycles. The van der Waals surface area contributed by atoms with Crippen molar-refractivity contribution < 1.29 is 23.1 Å². The Hall–Kier alpha value is -1.51. The maximum atomic E-state index is 13.5. The summed E-state index contributed by atoms with van der Waals surface area (Å²) in [5.41, 5.74) is 0.876. The van der Waals surface area contributed by atoms with E-state index in [1.165, 1.54) is 0 Å². The van der Waals surface area contributed by atoms with Crippen LogP contribution in [-0.2, 0) is 26.1 Å². The number of hydrogen-bond acceptors (Lipinski definition) is 5. The molecule has 0 aromatic carbocycles. The quantitative estimate of drug-likeness (QED) is 0.689. The van der Waals surface area contributed by atoms with Gasteiger partial charge >= 0.3 is 5.97 Å². The molecule has 7 nitrogen and oxygen atoms in total. The van der Waals surface area contributed by atoms with E-state index in [9.17, 15) is 18.3 Å². The molecular formula is C21H32N2O5S. The Morgan fingerprint density at radius 2 is 1.86 bits per heavy atom. The Morgan fingerprint density at radius 3 is 2.41 bits per heavy atom. The zero-order valence-electron chi connectivity index (χ0n) is 17.1. The van der Waals surface area contributed by atoms with E-state index >= 15 is 0 Å². The fourth-order valence-electron chi connectivity index (χ4n) is 4.61. The number of carboxylic acid groups (broad SMARTS) is 1. The van der Waals surface area contributed by atoms with Crippen molar-refractivity contribution >= 4 is 16.0 Å². The minimum atomic E-state index is -3.51. The SMILES string of the molecule is COC1CCC(CN(Cc2cccnc2)S(=O)(=O)C2CCC(C(=O)O)CC2)CC1. The molecule has 0 atom stereocenters. The number of ether oxygens (including phenoxy) is 1. The maximum Gasteiger partial charge on any atom is 0.306 e. The molecule has 162 valence electrons. The highest BCUT2D eigenvalue weighted by Gasteiger charge is 2.38. The number of hydrogen-bond donors (Lipinski definition) is 1. The van der Waals surface area contributed by atoms with Gasteiger partial charge in [-0.3, -0.25) is 9.78 Å². The van der Waals surface area contributed by atoms with E-state index in [-0.39, 0.29) is 6.10 Å². The summed E-state index contributed by atoms with van der Waals surface area (Å²) in [6.45, 7) is 0.825. The van der Waals surface area contributed by atoms with Gasteiger partial charge in [0.1, 0.15) is 0 Å². The summed E-state index contributed by atoms with van der Waals surface area (Å²) < 4.78 is 34.1. The van der Waals surface area contributed by atoms with Crippen molar-refractivity contribution in [3.63, 3.8) is 0 Å². The van der Waals surface area contributed by atoms with Crippen molar-refractivity contribution in [3.8, 4) is 0 Å². The molecule has 0 radical (unpaired) electrons. The van der Waals surface area contributed by atoms with Crippen molar-refractivity contribution in [2.45, 2.75) is 69.3 Å². The summed E-state index contributed by atoms with van der Waals surface area (Å²) in [6.07, 6.45) is 9.22. The van der Waals surface area contributed by atoms with Crippen LogP contribution >= 0.6 is 0 Å². The molecule has 29 heavy (non-hydrogen) atoms. The lowest BCUT2D eigenvalue weighted by Gasteiger charge is -2.35. The predicted octanol–water partition coefficient (Wildman–Crippen LogP) is 3.06. The van der Waals surface area contributed by atoms with Crippen molar-refractivity contribution in [2.75, 3.05) is 13.7 Å². The number of pyridine rings is 1. The van der Waals surface area contributed by atoms with Gasteiger partial charge in [-0.1, -0.05) is 6.07 Å². The zero-order chi connectivity index (χ0) is 20.9. The van der Waals surface area contributed by atoms with Crippen LogP contribution in [0.5, 0.6) is 0 Å². The number of sulfonamides is 1. The topological polar surface area (TPSA) is 96.8 Å². The number of nitrogens with zero attached hydrogens (tertiary/aromatic N) is 2. The molecule has 2 aliphatic carbocycles. The summed E-state index contributed by atoms with van der Waals surface area (Å²) in [6, 6.07) is 3.72. The van der Waals surface area contributed by atoms with E-state index in [0.717, 1.165) is 31.2 Å². The van der Waals surface area contributed by atoms with Crippen molar-refractivity contribution in [1.29, 1.82) is 0 Å². The molecule has 0 amide bonds. The Kier molecular flexibility index (Phi) is 7.65. The average molecular weight is 425 g/mol. The van der Waals surface area contributed by atoms with Crippen molar-refractivity contribution in [3.05, 3.63) is 30.1 Å². The van der Waals surface area contributed by atoms with Crippen molar-refractivity contribution in [1.82, 2.24) is 9.29 Å². The molecule has 2 fully saturated rings. The third-order valence-corrected chi connectivity index (χ3v) is 8.79. The minimum absolute atomic E-state index is 0.279. The second-order valence-corrected chi connectivity index (χ2v) is 10.6. The summed E-state index contributed by atoms with van der Waals surface area (Å²) >= 11 is 0. The highest BCUT2D eigenvalue weighted by atomic mass is 32.2. The van der Waals surface area contributed by atoms with Gasteiger partial charge in [0.15, 0.2) is 0 Å². The average Bonchev–Trinajstić information content (AvgIpc) is 2.74. The number of rotatable bonds is 8. The van der Waals surface area contributed by atoms with Gasteiger partial charge in [0, 0.05) is 32.6 Å². The minimum Gasteiger partial charge on any atom is -0.481 e. The fourth-order valence-corrected chi connectivity index (χ4v) is 6.65. The molecule has 0 bridgehead atoms. The van der Waals surface area contributed by atoms with E-state index in [1.54, 1.807) is 23.8 Å². The largest absolute Gasteiger partial charge is 0.481 e. The number of carboxylic acids is 1. The smallest absolute Gasteiger partial charge is 0.306 e. The van der Waals surface area contributed by atoms with Crippen molar-refractivity contribution in [2.24, 2.45) is 11.8 Å². The second kappa shape index (κ2) is 10.00. The Balaban J connectivity index is 1.72. The first-order valence-electron chi connectivity index (χ1n) is 10.5. The van der Waals surface area contributed by atoms with Gasteiger partial charge in [-0.2, -0.15) is 4.31 Å². The lowest BCUT2D eigenvalue weighted by molar-refractivity contribution is -0.142. The van der Waals surface area contributed by atoms with Crippen LogP contribution in [0.2, 0.25) is 0 Å². The van der Waals surface area contributed by atoms with E-state index in [4.69, 9.17) is 4.74 Å². The van der Waals surface area contributed by atoms with E-state index in [0.29, 0.717) is 44.7 Å². The number of methoxy groups -OCH3 is 1. The monoisotopic (exact) mass is 424 g/mol. The zero-order valence-corrected chi connectivity index (χ0v) is 17.9. The van der Waals surface area contributed by atoms with Crippen LogP contribution in [0.3, 0.4) is 0 Å².